The molecule has 114 valence electrons. The number of hydrogen-bond donors (Lipinski definition) is 0. The van der Waals surface area contributed by atoms with Gasteiger partial charge in [-0.3, -0.25) is 4.68 Å². The van der Waals surface area contributed by atoms with E-state index in [-0.39, 0.29) is 0 Å². The van der Waals surface area contributed by atoms with Gasteiger partial charge in [-0.25, -0.2) is 0 Å². The fourth-order valence-electron chi connectivity index (χ4n) is 2.94. The summed E-state index contributed by atoms with van der Waals surface area (Å²) in [6, 6.07) is 4.29. The molecular weight excluding hydrogens is 296 g/mol. The molecule has 0 spiro atoms. The average molecular weight is 314 g/mol. The van der Waals surface area contributed by atoms with Gasteiger partial charge in [-0.05, 0) is 35.4 Å². The monoisotopic (exact) mass is 314 g/mol. The van der Waals surface area contributed by atoms with Crippen LogP contribution in [0.3, 0.4) is 0 Å². The van der Waals surface area contributed by atoms with Crippen molar-refractivity contribution in [3.05, 3.63) is 45.7 Å². The third-order valence-corrected chi connectivity index (χ3v) is 4.82. The lowest BCUT2D eigenvalue weighted by Crippen LogP contribution is -2.35. The molecule has 0 radical (unpaired) electrons. The van der Waals surface area contributed by atoms with Crippen LogP contribution in [0.2, 0.25) is 0 Å². The summed E-state index contributed by atoms with van der Waals surface area (Å²) in [4.78, 5) is 2.28. The molecule has 0 fully saturated rings. The van der Waals surface area contributed by atoms with E-state index in [0.29, 0.717) is 0 Å². The Kier molecular flexibility index (Phi) is 3.22. The molecule has 7 heteroatoms. The Morgan fingerprint density at radius 2 is 2.18 bits per heavy atom. The molecule has 0 saturated carbocycles. The fraction of sp³-hybridized carbons (Fsp3) is 0.400. The van der Waals surface area contributed by atoms with Crippen LogP contribution >= 0.6 is 11.3 Å². The van der Waals surface area contributed by atoms with Crippen LogP contribution in [-0.2, 0) is 26.6 Å². The predicted molar refractivity (Wildman–Crippen MR) is 86.1 cm³/mol. The average Bonchev–Trinajstić information content (AvgIpc) is 3.20. The third-order valence-electron chi connectivity index (χ3n) is 4.09. The lowest BCUT2D eigenvalue weighted by atomic mass is 10.2. The Hall–Kier alpha value is -2.15. The van der Waals surface area contributed by atoms with Gasteiger partial charge in [-0.2, -0.15) is 16.4 Å². The molecule has 0 saturated heterocycles. The summed E-state index contributed by atoms with van der Waals surface area (Å²) in [5.74, 6) is 1.94. The van der Waals surface area contributed by atoms with Crippen molar-refractivity contribution in [2.45, 2.75) is 26.4 Å². The number of rotatable bonds is 3. The number of aryl methyl sites for hydroxylation is 1. The lowest BCUT2D eigenvalue weighted by Gasteiger charge is -2.28. The van der Waals surface area contributed by atoms with E-state index < -0.39 is 0 Å². The Balaban J connectivity index is 1.57. The molecule has 0 atom stereocenters. The van der Waals surface area contributed by atoms with Crippen molar-refractivity contribution in [3.8, 4) is 0 Å². The van der Waals surface area contributed by atoms with Crippen LogP contribution in [0.25, 0.3) is 0 Å². The van der Waals surface area contributed by atoms with E-state index in [1.807, 2.05) is 14.0 Å². The molecule has 0 aliphatic carbocycles. The number of nitrogens with zero attached hydrogens (tertiary/aromatic N) is 6. The van der Waals surface area contributed by atoms with Gasteiger partial charge in [0.05, 0.1) is 24.5 Å². The van der Waals surface area contributed by atoms with Crippen LogP contribution in [0.5, 0.6) is 0 Å². The smallest absolute Gasteiger partial charge is 0.227 e. The summed E-state index contributed by atoms with van der Waals surface area (Å²) in [5.41, 5.74) is 3.61. The van der Waals surface area contributed by atoms with Crippen molar-refractivity contribution in [3.63, 3.8) is 0 Å². The molecule has 0 amide bonds. The minimum absolute atomic E-state index is 0.831. The maximum Gasteiger partial charge on any atom is 0.227 e. The van der Waals surface area contributed by atoms with Crippen LogP contribution in [0.4, 0.5) is 5.95 Å². The van der Waals surface area contributed by atoms with E-state index in [9.17, 15) is 0 Å². The standard InChI is InChI=1S/C15H18N6S/c1-11-7-13-9-20(4-5-21(13)18-11)15-17-16-14(19(15)2)8-12-3-6-22-10-12/h3,6-7,10H,4-5,8-9H2,1-2H3. The first-order chi connectivity index (χ1) is 10.7. The molecular formula is C15H18N6S. The van der Waals surface area contributed by atoms with Gasteiger partial charge in [0.25, 0.3) is 0 Å². The second-order valence-electron chi connectivity index (χ2n) is 5.71. The molecule has 3 aromatic heterocycles. The van der Waals surface area contributed by atoms with Gasteiger partial charge in [0.15, 0.2) is 0 Å². The van der Waals surface area contributed by atoms with Crippen LogP contribution < -0.4 is 4.90 Å². The number of fused-ring (bicyclic) bond motifs is 1. The fourth-order valence-corrected chi connectivity index (χ4v) is 3.61. The highest BCUT2D eigenvalue weighted by Crippen LogP contribution is 2.21. The topological polar surface area (TPSA) is 51.8 Å². The van der Waals surface area contributed by atoms with Gasteiger partial charge in [0.2, 0.25) is 5.95 Å². The van der Waals surface area contributed by atoms with Crippen molar-refractivity contribution in [2.75, 3.05) is 11.4 Å². The number of aromatic nitrogens is 5. The van der Waals surface area contributed by atoms with Crippen LogP contribution in [0.15, 0.2) is 22.9 Å². The van der Waals surface area contributed by atoms with E-state index in [1.165, 1.54) is 11.3 Å². The van der Waals surface area contributed by atoms with E-state index in [0.717, 1.165) is 43.5 Å². The highest BCUT2D eigenvalue weighted by Gasteiger charge is 2.22. The molecule has 0 unspecified atom stereocenters. The molecule has 22 heavy (non-hydrogen) atoms. The second kappa shape index (κ2) is 5.24. The van der Waals surface area contributed by atoms with Crippen LogP contribution in [0, 0.1) is 6.92 Å². The number of hydrogen-bond acceptors (Lipinski definition) is 5. The van der Waals surface area contributed by atoms with Gasteiger partial charge >= 0.3 is 0 Å². The zero-order chi connectivity index (χ0) is 15.1. The molecule has 0 bridgehead atoms. The van der Waals surface area contributed by atoms with Gasteiger partial charge in [0, 0.05) is 20.0 Å². The highest BCUT2D eigenvalue weighted by atomic mass is 32.1. The Morgan fingerprint density at radius 1 is 1.27 bits per heavy atom. The lowest BCUT2D eigenvalue weighted by molar-refractivity contribution is 0.508. The van der Waals surface area contributed by atoms with Crippen molar-refractivity contribution < 1.29 is 0 Å². The first kappa shape index (κ1) is 13.5. The summed E-state index contributed by atoms with van der Waals surface area (Å²) < 4.78 is 4.20. The van der Waals surface area contributed by atoms with Crippen molar-refractivity contribution in [2.24, 2.45) is 7.05 Å². The molecule has 4 heterocycles. The number of anilines is 1. The van der Waals surface area contributed by atoms with Crippen LogP contribution in [-0.4, -0.2) is 31.1 Å². The van der Waals surface area contributed by atoms with Gasteiger partial charge in [-0.1, -0.05) is 0 Å². The highest BCUT2D eigenvalue weighted by molar-refractivity contribution is 7.07. The first-order valence-corrected chi connectivity index (χ1v) is 8.32. The molecule has 0 aromatic carbocycles. The van der Waals surface area contributed by atoms with E-state index in [1.54, 1.807) is 11.3 Å². The molecule has 6 nitrogen and oxygen atoms in total. The summed E-state index contributed by atoms with van der Waals surface area (Å²) >= 11 is 1.72. The summed E-state index contributed by atoms with van der Waals surface area (Å²) in [7, 11) is 2.05. The van der Waals surface area contributed by atoms with Gasteiger partial charge < -0.3 is 9.47 Å². The van der Waals surface area contributed by atoms with Crippen molar-refractivity contribution in [1.82, 2.24) is 24.5 Å². The quantitative estimate of drug-likeness (QED) is 0.742. The summed E-state index contributed by atoms with van der Waals surface area (Å²) in [6.07, 6.45) is 0.831. The first-order valence-electron chi connectivity index (χ1n) is 7.38. The Labute approximate surface area is 133 Å². The SMILES string of the molecule is Cc1cc2n(n1)CCN(c1nnc(Cc3ccsc3)n1C)C2. The van der Waals surface area contributed by atoms with Crippen molar-refractivity contribution >= 4 is 17.3 Å². The molecule has 1 aliphatic heterocycles. The largest absolute Gasteiger partial charge is 0.333 e. The van der Waals surface area contributed by atoms with E-state index in [2.05, 4.69) is 52.3 Å². The van der Waals surface area contributed by atoms with E-state index in [4.69, 9.17) is 0 Å². The molecule has 1 aliphatic rings. The van der Waals surface area contributed by atoms with Crippen LogP contribution in [0.1, 0.15) is 22.8 Å². The molecule has 4 rings (SSSR count). The van der Waals surface area contributed by atoms with Gasteiger partial charge in [0.1, 0.15) is 5.82 Å². The zero-order valence-electron chi connectivity index (χ0n) is 12.7. The normalized spacial score (nSPS) is 14.4. The Bertz CT molecular complexity index is 785. The second-order valence-corrected chi connectivity index (χ2v) is 6.49. The third kappa shape index (κ3) is 2.31. The van der Waals surface area contributed by atoms with Crippen molar-refractivity contribution in [1.29, 1.82) is 0 Å². The molecule has 3 aromatic rings. The predicted octanol–water partition coefficient (Wildman–Crippen LogP) is 1.99. The zero-order valence-corrected chi connectivity index (χ0v) is 13.5. The number of thiophene rings is 1. The summed E-state index contributed by atoms with van der Waals surface area (Å²) in [5, 5.41) is 17.6. The Morgan fingerprint density at radius 3 is 3.00 bits per heavy atom. The van der Waals surface area contributed by atoms with E-state index >= 15 is 0 Å². The summed E-state index contributed by atoms with van der Waals surface area (Å²) in [6.45, 7) is 4.69. The van der Waals surface area contributed by atoms with Gasteiger partial charge in [-0.15, -0.1) is 10.2 Å². The maximum absolute atomic E-state index is 4.51. The molecule has 0 N–H and O–H groups in total. The minimum Gasteiger partial charge on any atom is -0.333 e. The maximum atomic E-state index is 4.51. The minimum atomic E-state index is 0.831.